The SMILES string of the molecule is CCCC(N)C(=O)NCc1ccccc1CN1CCN(CC)CC1.Cl. The Bertz CT molecular complexity index is 518. The first-order chi connectivity index (χ1) is 11.6. The Balaban J connectivity index is 0.00000312. The molecule has 1 fully saturated rings. The summed E-state index contributed by atoms with van der Waals surface area (Å²) in [4.78, 5) is 17.0. The summed E-state index contributed by atoms with van der Waals surface area (Å²) in [6.45, 7) is 11.4. The van der Waals surface area contributed by atoms with Gasteiger partial charge in [0.1, 0.15) is 0 Å². The van der Waals surface area contributed by atoms with Crippen LogP contribution in [-0.4, -0.2) is 54.5 Å². The minimum absolute atomic E-state index is 0. The van der Waals surface area contributed by atoms with Crippen molar-refractivity contribution in [3.8, 4) is 0 Å². The van der Waals surface area contributed by atoms with E-state index < -0.39 is 6.04 Å². The third-order valence-electron chi connectivity index (χ3n) is 4.81. The van der Waals surface area contributed by atoms with Crippen LogP contribution in [0.5, 0.6) is 0 Å². The van der Waals surface area contributed by atoms with Crippen LogP contribution in [0.25, 0.3) is 0 Å². The molecule has 0 aromatic heterocycles. The van der Waals surface area contributed by atoms with Gasteiger partial charge in [-0.1, -0.05) is 44.5 Å². The summed E-state index contributed by atoms with van der Waals surface area (Å²) in [5.41, 5.74) is 8.37. The van der Waals surface area contributed by atoms with Gasteiger partial charge < -0.3 is 16.0 Å². The molecule has 6 heteroatoms. The molecule has 1 saturated heterocycles. The third-order valence-corrected chi connectivity index (χ3v) is 4.81. The van der Waals surface area contributed by atoms with Crippen LogP contribution < -0.4 is 11.1 Å². The predicted molar refractivity (Wildman–Crippen MR) is 106 cm³/mol. The Kier molecular flexibility index (Phi) is 10.0. The van der Waals surface area contributed by atoms with Crippen molar-refractivity contribution in [2.24, 2.45) is 5.73 Å². The summed E-state index contributed by atoms with van der Waals surface area (Å²) in [6, 6.07) is 7.98. The topological polar surface area (TPSA) is 61.6 Å². The minimum atomic E-state index is -0.399. The van der Waals surface area contributed by atoms with Crippen molar-refractivity contribution < 1.29 is 4.79 Å². The summed E-state index contributed by atoms with van der Waals surface area (Å²) in [5, 5.41) is 2.99. The van der Waals surface area contributed by atoms with Crippen LogP contribution in [0.1, 0.15) is 37.8 Å². The van der Waals surface area contributed by atoms with Crippen LogP contribution in [-0.2, 0) is 17.9 Å². The lowest BCUT2D eigenvalue weighted by Crippen LogP contribution is -2.45. The maximum absolute atomic E-state index is 12.0. The number of hydrogen-bond donors (Lipinski definition) is 2. The zero-order valence-electron chi connectivity index (χ0n) is 15.5. The first kappa shape index (κ1) is 21.9. The molecule has 0 spiro atoms. The van der Waals surface area contributed by atoms with Gasteiger partial charge in [0.05, 0.1) is 6.04 Å². The second kappa shape index (κ2) is 11.5. The fourth-order valence-electron chi connectivity index (χ4n) is 3.14. The molecule has 2 rings (SSSR count). The fraction of sp³-hybridized carbons (Fsp3) is 0.632. The van der Waals surface area contributed by atoms with Gasteiger partial charge in [-0.15, -0.1) is 12.4 Å². The highest BCUT2D eigenvalue weighted by atomic mass is 35.5. The molecule has 5 nitrogen and oxygen atoms in total. The van der Waals surface area contributed by atoms with E-state index in [0.717, 1.165) is 52.1 Å². The summed E-state index contributed by atoms with van der Waals surface area (Å²) in [6.07, 6.45) is 1.66. The van der Waals surface area contributed by atoms with Gasteiger partial charge in [0, 0.05) is 39.3 Å². The Morgan fingerprint density at radius 1 is 1.12 bits per heavy atom. The monoisotopic (exact) mass is 368 g/mol. The molecule has 0 bridgehead atoms. The van der Waals surface area contributed by atoms with Gasteiger partial charge in [-0.2, -0.15) is 0 Å². The van der Waals surface area contributed by atoms with Crippen molar-refractivity contribution in [1.82, 2.24) is 15.1 Å². The number of nitrogens with one attached hydrogen (secondary N) is 1. The van der Waals surface area contributed by atoms with E-state index in [1.165, 1.54) is 11.1 Å². The van der Waals surface area contributed by atoms with Gasteiger partial charge in [-0.05, 0) is 24.1 Å². The van der Waals surface area contributed by atoms with E-state index in [-0.39, 0.29) is 18.3 Å². The normalized spacial score (nSPS) is 16.9. The predicted octanol–water partition coefficient (Wildman–Crippen LogP) is 1.99. The van der Waals surface area contributed by atoms with E-state index in [4.69, 9.17) is 5.73 Å². The Hall–Kier alpha value is -1.14. The lowest BCUT2D eigenvalue weighted by Gasteiger charge is -2.34. The molecule has 1 atom stereocenters. The van der Waals surface area contributed by atoms with Crippen LogP contribution >= 0.6 is 12.4 Å². The maximum Gasteiger partial charge on any atom is 0.237 e. The van der Waals surface area contributed by atoms with Crippen LogP contribution in [0, 0.1) is 0 Å². The number of amides is 1. The fourth-order valence-corrected chi connectivity index (χ4v) is 3.14. The Morgan fingerprint density at radius 3 is 2.32 bits per heavy atom. The van der Waals surface area contributed by atoms with Crippen molar-refractivity contribution in [3.63, 3.8) is 0 Å². The van der Waals surface area contributed by atoms with E-state index in [0.29, 0.717) is 6.54 Å². The quantitative estimate of drug-likeness (QED) is 0.736. The smallest absolute Gasteiger partial charge is 0.237 e. The number of piperazine rings is 1. The molecular weight excluding hydrogens is 336 g/mol. The molecule has 1 aromatic carbocycles. The third kappa shape index (κ3) is 6.94. The van der Waals surface area contributed by atoms with Gasteiger partial charge >= 0.3 is 0 Å². The van der Waals surface area contributed by atoms with Gasteiger partial charge in [0.25, 0.3) is 0 Å². The number of nitrogens with zero attached hydrogens (tertiary/aromatic N) is 2. The van der Waals surface area contributed by atoms with Crippen LogP contribution in [0.2, 0.25) is 0 Å². The van der Waals surface area contributed by atoms with Crippen molar-refractivity contribution >= 4 is 18.3 Å². The second-order valence-corrected chi connectivity index (χ2v) is 6.59. The lowest BCUT2D eigenvalue weighted by molar-refractivity contribution is -0.122. The van der Waals surface area contributed by atoms with Crippen LogP contribution in [0.3, 0.4) is 0 Å². The van der Waals surface area contributed by atoms with Crippen molar-refractivity contribution in [2.75, 3.05) is 32.7 Å². The van der Waals surface area contributed by atoms with E-state index in [9.17, 15) is 4.79 Å². The highest BCUT2D eigenvalue weighted by Gasteiger charge is 2.17. The van der Waals surface area contributed by atoms with E-state index >= 15 is 0 Å². The molecule has 0 saturated carbocycles. The molecule has 142 valence electrons. The molecule has 1 aliphatic heterocycles. The lowest BCUT2D eigenvalue weighted by atomic mass is 10.1. The van der Waals surface area contributed by atoms with Gasteiger partial charge in [0.2, 0.25) is 5.91 Å². The highest BCUT2D eigenvalue weighted by molar-refractivity contribution is 5.85. The van der Waals surface area contributed by atoms with E-state index in [1.54, 1.807) is 0 Å². The average Bonchev–Trinajstić information content (AvgIpc) is 2.61. The molecule has 1 aromatic rings. The van der Waals surface area contributed by atoms with Crippen LogP contribution in [0.4, 0.5) is 0 Å². The molecular formula is C19H33ClN4O. The number of nitrogens with two attached hydrogens (primary N) is 1. The molecule has 1 unspecified atom stereocenters. The number of carbonyl (C=O) groups excluding carboxylic acids is 1. The van der Waals surface area contributed by atoms with E-state index in [2.05, 4.69) is 40.2 Å². The Labute approximate surface area is 158 Å². The Morgan fingerprint density at radius 2 is 1.72 bits per heavy atom. The van der Waals surface area contributed by atoms with Crippen molar-refractivity contribution in [3.05, 3.63) is 35.4 Å². The molecule has 25 heavy (non-hydrogen) atoms. The highest BCUT2D eigenvalue weighted by Crippen LogP contribution is 2.13. The van der Waals surface area contributed by atoms with Crippen molar-refractivity contribution in [1.29, 1.82) is 0 Å². The first-order valence-electron chi connectivity index (χ1n) is 9.18. The second-order valence-electron chi connectivity index (χ2n) is 6.59. The van der Waals surface area contributed by atoms with Crippen LogP contribution in [0.15, 0.2) is 24.3 Å². The molecule has 1 amide bonds. The number of halogens is 1. The van der Waals surface area contributed by atoms with Gasteiger partial charge in [-0.3, -0.25) is 9.69 Å². The summed E-state index contributed by atoms with van der Waals surface area (Å²) in [5.74, 6) is -0.0526. The summed E-state index contributed by atoms with van der Waals surface area (Å²) >= 11 is 0. The zero-order valence-corrected chi connectivity index (χ0v) is 16.4. The standard InChI is InChI=1S/C19H32N4O.ClH/c1-3-7-18(20)19(24)21-14-16-8-5-6-9-17(16)15-23-12-10-22(4-2)11-13-23;/h5-6,8-9,18H,3-4,7,10-15,20H2,1-2H3,(H,21,24);1H. The van der Waals surface area contributed by atoms with E-state index in [1.807, 2.05) is 13.0 Å². The zero-order chi connectivity index (χ0) is 17.4. The van der Waals surface area contributed by atoms with Crippen molar-refractivity contribution in [2.45, 2.75) is 45.8 Å². The van der Waals surface area contributed by atoms with Gasteiger partial charge in [0.15, 0.2) is 0 Å². The number of likely N-dealkylation sites (N-methyl/N-ethyl adjacent to an activating group) is 1. The average molecular weight is 369 g/mol. The first-order valence-corrected chi connectivity index (χ1v) is 9.18. The molecule has 1 aliphatic rings. The number of carbonyl (C=O) groups is 1. The summed E-state index contributed by atoms with van der Waals surface area (Å²) in [7, 11) is 0. The number of benzene rings is 1. The molecule has 3 N–H and O–H groups in total. The molecule has 1 heterocycles. The molecule has 0 aliphatic carbocycles. The van der Waals surface area contributed by atoms with Gasteiger partial charge in [-0.25, -0.2) is 0 Å². The minimum Gasteiger partial charge on any atom is -0.351 e. The number of rotatable bonds is 8. The largest absolute Gasteiger partial charge is 0.351 e. The number of hydrogen-bond acceptors (Lipinski definition) is 4. The maximum atomic E-state index is 12.0. The molecule has 0 radical (unpaired) electrons. The summed E-state index contributed by atoms with van der Waals surface area (Å²) < 4.78 is 0.